The molecule has 0 aromatic heterocycles. The molecule has 6 nitrogen and oxygen atoms in total. The lowest BCUT2D eigenvalue weighted by atomic mass is 10.0. The predicted molar refractivity (Wildman–Crippen MR) is 88.7 cm³/mol. The first-order chi connectivity index (χ1) is 10.8. The first-order valence-corrected chi connectivity index (χ1v) is 9.37. The Morgan fingerprint density at radius 1 is 1.30 bits per heavy atom. The molecule has 0 spiro atoms. The third-order valence-corrected chi connectivity index (χ3v) is 5.76. The van der Waals surface area contributed by atoms with Gasteiger partial charge in [-0.2, -0.15) is 0 Å². The Labute approximate surface area is 137 Å². The molecule has 3 N–H and O–H groups in total. The van der Waals surface area contributed by atoms with Crippen LogP contribution in [-0.4, -0.2) is 31.6 Å². The van der Waals surface area contributed by atoms with Crippen LogP contribution in [0.15, 0.2) is 23.1 Å². The van der Waals surface area contributed by atoms with Gasteiger partial charge in [0, 0.05) is 18.7 Å². The van der Waals surface area contributed by atoms with E-state index in [0.717, 1.165) is 12.8 Å². The number of aliphatic hydroxyl groups is 1. The molecule has 0 unspecified atom stereocenters. The number of carbonyl (C=O) groups is 1. The molecular formula is C16H24N2O4S. The van der Waals surface area contributed by atoms with Gasteiger partial charge in [-0.3, -0.25) is 4.79 Å². The van der Waals surface area contributed by atoms with Crippen LogP contribution in [0.1, 0.15) is 44.6 Å². The van der Waals surface area contributed by atoms with Gasteiger partial charge in [0.05, 0.1) is 10.5 Å². The van der Waals surface area contributed by atoms with Gasteiger partial charge in [0.1, 0.15) is 0 Å². The van der Waals surface area contributed by atoms with Crippen molar-refractivity contribution >= 4 is 21.6 Å². The van der Waals surface area contributed by atoms with Crippen LogP contribution in [0, 0.1) is 6.92 Å². The molecule has 1 aromatic carbocycles. The van der Waals surface area contributed by atoms with Gasteiger partial charge in [-0.25, -0.2) is 13.1 Å². The van der Waals surface area contributed by atoms with E-state index in [-0.39, 0.29) is 17.3 Å². The molecule has 0 bridgehead atoms. The number of amides is 1. The van der Waals surface area contributed by atoms with Crippen LogP contribution in [0.3, 0.4) is 0 Å². The quantitative estimate of drug-likeness (QED) is 0.737. The second-order valence-corrected chi connectivity index (χ2v) is 7.87. The summed E-state index contributed by atoms with van der Waals surface area (Å²) in [7, 11) is -3.69. The molecule has 1 aromatic rings. The molecule has 1 saturated carbocycles. The fourth-order valence-corrected chi connectivity index (χ4v) is 4.14. The summed E-state index contributed by atoms with van der Waals surface area (Å²) in [5, 5.41) is 13.0. The number of hydrogen-bond acceptors (Lipinski definition) is 4. The minimum absolute atomic E-state index is 0.0308. The number of benzene rings is 1. The van der Waals surface area contributed by atoms with Crippen molar-refractivity contribution in [3.05, 3.63) is 23.8 Å². The lowest BCUT2D eigenvalue weighted by Gasteiger charge is -2.22. The molecule has 0 radical (unpaired) electrons. The van der Waals surface area contributed by atoms with Gasteiger partial charge < -0.3 is 10.4 Å². The smallest absolute Gasteiger partial charge is 0.240 e. The van der Waals surface area contributed by atoms with E-state index in [1.165, 1.54) is 6.07 Å². The van der Waals surface area contributed by atoms with Crippen molar-refractivity contribution in [2.45, 2.75) is 56.4 Å². The van der Waals surface area contributed by atoms with Crippen LogP contribution < -0.4 is 10.0 Å². The van der Waals surface area contributed by atoms with Gasteiger partial charge in [-0.1, -0.05) is 19.8 Å². The second kappa shape index (κ2) is 6.98. The van der Waals surface area contributed by atoms with E-state index in [2.05, 4.69) is 10.0 Å². The Morgan fingerprint density at radius 3 is 2.52 bits per heavy atom. The Morgan fingerprint density at radius 2 is 1.96 bits per heavy atom. The van der Waals surface area contributed by atoms with Gasteiger partial charge in [0.2, 0.25) is 15.9 Å². The van der Waals surface area contributed by atoms with Crippen LogP contribution in [0.2, 0.25) is 0 Å². The average molecular weight is 340 g/mol. The van der Waals surface area contributed by atoms with Crippen molar-refractivity contribution in [1.82, 2.24) is 4.72 Å². The molecule has 0 saturated heterocycles. The van der Waals surface area contributed by atoms with Crippen LogP contribution in [0.25, 0.3) is 0 Å². The molecule has 23 heavy (non-hydrogen) atoms. The average Bonchev–Trinajstić information content (AvgIpc) is 2.92. The van der Waals surface area contributed by atoms with Crippen molar-refractivity contribution in [2.24, 2.45) is 0 Å². The molecule has 7 heteroatoms. The monoisotopic (exact) mass is 340 g/mol. The third kappa shape index (κ3) is 4.53. The Hall–Kier alpha value is -1.44. The standard InChI is InChI=1S/C16H24N2O4S/c1-3-15(19)18-13-6-7-14(12(2)10-13)23(21,22)17-11-16(20)8-4-5-9-16/h6-7,10,17,20H,3-5,8-9,11H2,1-2H3,(H,18,19). The highest BCUT2D eigenvalue weighted by atomic mass is 32.2. The molecule has 1 amide bonds. The second-order valence-electron chi connectivity index (χ2n) is 6.14. The van der Waals surface area contributed by atoms with Crippen LogP contribution in [0.4, 0.5) is 5.69 Å². The zero-order chi connectivity index (χ0) is 17.1. The van der Waals surface area contributed by atoms with Crippen molar-refractivity contribution in [3.8, 4) is 0 Å². The lowest BCUT2D eigenvalue weighted by Crippen LogP contribution is -2.40. The van der Waals surface area contributed by atoms with E-state index in [4.69, 9.17) is 0 Å². The van der Waals surface area contributed by atoms with Crippen molar-refractivity contribution in [3.63, 3.8) is 0 Å². The summed E-state index contributed by atoms with van der Waals surface area (Å²) in [6.45, 7) is 3.46. The van der Waals surface area contributed by atoms with Crippen LogP contribution in [0.5, 0.6) is 0 Å². The molecule has 0 aliphatic heterocycles. The summed E-state index contributed by atoms with van der Waals surface area (Å²) in [4.78, 5) is 11.6. The lowest BCUT2D eigenvalue weighted by molar-refractivity contribution is -0.115. The summed E-state index contributed by atoms with van der Waals surface area (Å²) in [5.74, 6) is -0.124. The number of rotatable bonds is 6. The van der Waals surface area contributed by atoms with Crippen LogP contribution >= 0.6 is 0 Å². The van der Waals surface area contributed by atoms with E-state index in [9.17, 15) is 18.3 Å². The third-order valence-electron chi connectivity index (χ3n) is 4.19. The molecule has 1 aliphatic carbocycles. The van der Waals surface area contributed by atoms with Gasteiger partial charge in [0.15, 0.2) is 0 Å². The fourth-order valence-electron chi connectivity index (χ4n) is 2.80. The summed E-state index contributed by atoms with van der Waals surface area (Å²) in [5.41, 5.74) is 0.184. The minimum atomic E-state index is -3.69. The number of aryl methyl sites for hydroxylation is 1. The first kappa shape index (κ1) is 17.9. The van der Waals surface area contributed by atoms with Gasteiger partial charge >= 0.3 is 0 Å². The Bertz CT molecular complexity index is 679. The molecule has 128 valence electrons. The van der Waals surface area contributed by atoms with Gasteiger partial charge in [-0.05, 0) is 43.5 Å². The Balaban J connectivity index is 2.11. The predicted octanol–water partition coefficient (Wildman–Crippen LogP) is 1.93. The maximum absolute atomic E-state index is 12.4. The number of nitrogens with one attached hydrogen (secondary N) is 2. The van der Waals surface area contributed by atoms with Crippen molar-refractivity contribution in [2.75, 3.05) is 11.9 Å². The zero-order valence-corrected chi connectivity index (χ0v) is 14.4. The number of sulfonamides is 1. The van der Waals surface area contributed by atoms with E-state index >= 15 is 0 Å². The molecule has 0 heterocycles. The highest BCUT2D eigenvalue weighted by Crippen LogP contribution is 2.29. The molecular weight excluding hydrogens is 316 g/mol. The van der Waals surface area contributed by atoms with Gasteiger partial charge in [-0.15, -0.1) is 0 Å². The summed E-state index contributed by atoms with van der Waals surface area (Å²) >= 11 is 0. The maximum Gasteiger partial charge on any atom is 0.240 e. The fraction of sp³-hybridized carbons (Fsp3) is 0.562. The normalized spacial score (nSPS) is 17.2. The first-order valence-electron chi connectivity index (χ1n) is 7.88. The molecule has 1 aliphatic rings. The SMILES string of the molecule is CCC(=O)Nc1ccc(S(=O)(=O)NCC2(O)CCCC2)c(C)c1. The molecule has 2 rings (SSSR count). The number of carbonyl (C=O) groups excluding carboxylic acids is 1. The van der Waals surface area contributed by atoms with Crippen LogP contribution in [-0.2, 0) is 14.8 Å². The summed E-state index contributed by atoms with van der Waals surface area (Å²) in [6, 6.07) is 4.67. The molecule has 1 fully saturated rings. The molecule has 0 atom stereocenters. The van der Waals surface area contributed by atoms with Crippen molar-refractivity contribution in [1.29, 1.82) is 0 Å². The van der Waals surface area contributed by atoms with E-state index in [0.29, 0.717) is 30.5 Å². The zero-order valence-electron chi connectivity index (χ0n) is 13.6. The van der Waals surface area contributed by atoms with Crippen molar-refractivity contribution < 1.29 is 18.3 Å². The summed E-state index contributed by atoms with van der Waals surface area (Å²) < 4.78 is 27.4. The topological polar surface area (TPSA) is 95.5 Å². The van der Waals surface area contributed by atoms with E-state index in [1.54, 1.807) is 26.0 Å². The van der Waals surface area contributed by atoms with Gasteiger partial charge in [0.25, 0.3) is 0 Å². The number of hydrogen-bond donors (Lipinski definition) is 3. The largest absolute Gasteiger partial charge is 0.389 e. The van der Waals surface area contributed by atoms with E-state index in [1.807, 2.05) is 0 Å². The Kier molecular flexibility index (Phi) is 5.44. The maximum atomic E-state index is 12.4. The minimum Gasteiger partial charge on any atom is -0.389 e. The van der Waals surface area contributed by atoms with E-state index < -0.39 is 15.6 Å². The highest BCUT2D eigenvalue weighted by Gasteiger charge is 2.32. The highest BCUT2D eigenvalue weighted by molar-refractivity contribution is 7.89. The summed E-state index contributed by atoms with van der Waals surface area (Å²) in [6.07, 6.45) is 3.44. The number of anilines is 1.